The third-order valence-corrected chi connectivity index (χ3v) is 5.12. The fraction of sp³-hybridized carbons (Fsp3) is 0.684. The monoisotopic (exact) mass is 473 g/mol. The molecule has 0 spiro atoms. The molecule has 3 rings (SSSR count). The first kappa shape index (κ1) is 21.2. The molecule has 146 valence electrons. The van der Waals surface area contributed by atoms with Crippen LogP contribution in [0.3, 0.4) is 0 Å². The summed E-state index contributed by atoms with van der Waals surface area (Å²) in [7, 11) is 1.80. The minimum atomic E-state index is 0. The van der Waals surface area contributed by atoms with Crippen LogP contribution in [0.1, 0.15) is 38.2 Å². The molecule has 2 aliphatic heterocycles. The number of aliphatic imine (C=N–C) groups is 1. The summed E-state index contributed by atoms with van der Waals surface area (Å²) in [6, 6.07) is 4.29. The van der Waals surface area contributed by atoms with Crippen molar-refractivity contribution in [2.24, 2.45) is 10.9 Å². The second-order valence-corrected chi connectivity index (χ2v) is 7.14. The van der Waals surface area contributed by atoms with Crippen LogP contribution in [-0.4, -0.2) is 50.3 Å². The maximum absolute atomic E-state index is 5.63. The van der Waals surface area contributed by atoms with E-state index in [-0.39, 0.29) is 24.0 Å². The zero-order valence-corrected chi connectivity index (χ0v) is 18.2. The first-order chi connectivity index (χ1) is 12.2. The molecule has 0 saturated carbocycles. The van der Waals surface area contributed by atoms with Gasteiger partial charge >= 0.3 is 0 Å². The lowest BCUT2D eigenvalue weighted by Gasteiger charge is -2.31. The van der Waals surface area contributed by atoms with Crippen LogP contribution in [0.4, 0.5) is 5.82 Å². The first-order valence-corrected chi connectivity index (χ1v) is 9.50. The largest absolute Gasteiger partial charge is 0.376 e. The number of halogens is 1. The van der Waals surface area contributed by atoms with Gasteiger partial charge in [0.1, 0.15) is 5.82 Å². The van der Waals surface area contributed by atoms with Gasteiger partial charge in [-0.1, -0.05) is 13.0 Å². The molecule has 2 aliphatic rings. The van der Waals surface area contributed by atoms with Crippen molar-refractivity contribution < 1.29 is 4.74 Å². The number of rotatable bonds is 5. The van der Waals surface area contributed by atoms with Crippen molar-refractivity contribution in [2.45, 2.75) is 45.3 Å². The number of ether oxygens (including phenoxy) is 1. The van der Waals surface area contributed by atoms with Crippen molar-refractivity contribution in [2.75, 3.05) is 38.2 Å². The van der Waals surface area contributed by atoms with Crippen LogP contribution in [0.15, 0.2) is 23.3 Å². The summed E-state index contributed by atoms with van der Waals surface area (Å²) in [6.45, 7) is 6.97. The number of guanidine groups is 1. The predicted molar refractivity (Wildman–Crippen MR) is 117 cm³/mol. The molecule has 26 heavy (non-hydrogen) atoms. The Balaban J connectivity index is 0.00000243. The van der Waals surface area contributed by atoms with Crippen LogP contribution in [0.2, 0.25) is 0 Å². The van der Waals surface area contributed by atoms with E-state index in [1.807, 2.05) is 6.20 Å². The third kappa shape index (κ3) is 6.26. The number of pyridine rings is 1. The Morgan fingerprint density at radius 1 is 1.27 bits per heavy atom. The number of nitrogens with one attached hydrogen (secondary N) is 2. The van der Waals surface area contributed by atoms with E-state index in [0.29, 0.717) is 6.10 Å². The Labute approximate surface area is 174 Å². The minimum Gasteiger partial charge on any atom is -0.376 e. The molecule has 0 bridgehead atoms. The van der Waals surface area contributed by atoms with Crippen molar-refractivity contribution in [1.82, 2.24) is 15.6 Å². The van der Waals surface area contributed by atoms with E-state index in [1.165, 1.54) is 12.8 Å². The van der Waals surface area contributed by atoms with E-state index >= 15 is 0 Å². The fourth-order valence-electron chi connectivity index (χ4n) is 3.37. The quantitative estimate of drug-likeness (QED) is 0.391. The van der Waals surface area contributed by atoms with Crippen LogP contribution in [-0.2, 0) is 11.3 Å². The van der Waals surface area contributed by atoms with Crippen molar-refractivity contribution in [3.63, 3.8) is 0 Å². The zero-order chi connectivity index (χ0) is 17.5. The molecule has 0 amide bonds. The number of hydrogen-bond donors (Lipinski definition) is 2. The van der Waals surface area contributed by atoms with Crippen LogP contribution in [0, 0.1) is 5.92 Å². The Kier molecular flexibility index (Phi) is 8.90. The standard InChI is InChI=1S/C19H31N5O.HI/c1-15-7-9-24(10-8-15)18-6-5-16(12-21-18)13-22-19(20-2)23-14-17-4-3-11-25-17;/h5-6,12,15,17H,3-4,7-11,13-14H2,1-2H3,(H2,20,22,23);1H. The maximum Gasteiger partial charge on any atom is 0.191 e. The molecule has 7 heteroatoms. The molecule has 0 radical (unpaired) electrons. The van der Waals surface area contributed by atoms with Gasteiger partial charge in [-0.25, -0.2) is 4.98 Å². The molecule has 1 unspecified atom stereocenters. The second kappa shape index (κ2) is 10.9. The molecular formula is C19H32IN5O. The smallest absolute Gasteiger partial charge is 0.191 e. The number of anilines is 1. The van der Waals surface area contributed by atoms with Crippen molar-refractivity contribution in [1.29, 1.82) is 0 Å². The number of hydrogen-bond acceptors (Lipinski definition) is 4. The number of nitrogens with zero attached hydrogens (tertiary/aromatic N) is 3. The highest BCUT2D eigenvalue weighted by molar-refractivity contribution is 14.0. The summed E-state index contributed by atoms with van der Waals surface area (Å²) in [4.78, 5) is 11.3. The Morgan fingerprint density at radius 2 is 2.08 bits per heavy atom. The highest BCUT2D eigenvalue weighted by Crippen LogP contribution is 2.21. The maximum atomic E-state index is 5.63. The summed E-state index contributed by atoms with van der Waals surface area (Å²) in [5.41, 5.74) is 1.16. The van der Waals surface area contributed by atoms with E-state index in [9.17, 15) is 0 Å². The lowest BCUT2D eigenvalue weighted by molar-refractivity contribution is 0.114. The van der Waals surface area contributed by atoms with Gasteiger partial charge < -0.3 is 20.3 Å². The highest BCUT2D eigenvalue weighted by atomic mass is 127. The SMILES string of the molecule is CN=C(NCc1ccc(N2CCC(C)CC2)nc1)NCC1CCCO1.I. The first-order valence-electron chi connectivity index (χ1n) is 9.50. The zero-order valence-electron chi connectivity index (χ0n) is 15.9. The van der Waals surface area contributed by atoms with E-state index in [4.69, 9.17) is 4.74 Å². The van der Waals surface area contributed by atoms with Gasteiger partial charge in [-0.15, -0.1) is 24.0 Å². The second-order valence-electron chi connectivity index (χ2n) is 7.14. The van der Waals surface area contributed by atoms with Gasteiger partial charge in [0.2, 0.25) is 0 Å². The van der Waals surface area contributed by atoms with E-state index in [0.717, 1.165) is 68.9 Å². The summed E-state index contributed by atoms with van der Waals surface area (Å²) in [5.74, 6) is 2.75. The third-order valence-electron chi connectivity index (χ3n) is 5.12. The average Bonchev–Trinajstić information content (AvgIpc) is 3.17. The Bertz CT molecular complexity index is 552. The Morgan fingerprint density at radius 3 is 2.69 bits per heavy atom. The van der Waals surface area contributed by atoms with Crippen molar-refractivity contribution in [3.8, 4) is 0 Å². The number of aromatic nitrogens is 1. The summed E-state index contributed by atoms with van der Waals surface area (Å²) >= 11 is 0. The van der Waals surface area contributed by atoms with Gasteiger partial charge in [-0.3, -0.25) is 4.99 Å². The predicted octanol–water partition coefficient (Wildman–Crippen LogP) is 2.78. The van der Waals surface area contributed by atoms with Crippen molar-refractivity contribution >= 4 is 35.8 Å². The van der Waals surface area contributed by atoms with Gasteiger partial charge in [-0.2, -0.15) is 0 Å². The molecule has 0 aromatic carbocycles. The minimum absolute atomic E-state index is 0. The van der Waals surface area contributed by atoms with Gasteiger partial charge in [0.25, 0.3) is 0 Å². The lowest BCUT2D eigenvalue weighted by atomic mass is 9.99. The van der Waals surface area contributed by atoms with Gasteiger partial charge in [-0.05, 0) is 43.2 Å². The van der Waals surface area contributed by atoms with Crippen LogP contribution in [0.25, 0.3) is 0 Å². The molecule has 3 heterocycles. The van der Waals surface area contributed by atoms with Crippen molar-refractivity contribution in [3.05, 3.63) is 23.9 Å². The summed E-state index contributed by atoms with van der Waals surface area (Å²) in [6.07, 6.45) is 7.09. The van der Waals surface area contributed by atoms with Gasteiger partial charge in [0.05, 0.1) is 6.10 Å². The molecule has 6 nitrogen and oxygen atoms in total. The molecule has 2 saturated heterocycles. The molecule has 2 fully saturated rings. The fourth-order valence-corrected chi connectivity index (χ4v) is 3.37. The average molecular weight is 473 g/mol. The topological polar surface area (TPSA) is 61.8 Å². The highest BCUT2D eigenvalue weighted by Gasteiger charge is 2.17. The molecule has 1 aromatic heterocycles. The van der Waals surface area contributed by atoms with Gasteiger partial charge in [0.15, 0.2) is 5.96 Å². The molecule has 1 aromatic rings. The van der Waals surface area contributed by atoms with Gasteiger partial charge in [0, 0.05) is 46.0 Å². The Hall–Kier alpha value is -1.09. The van der Waals surface area contributed by atoms with E-state index in [2.05, 4.69) is 44.6 Å². The summed E-state index contributed by atoms with van der Waals surface area (Å²) < 4.78 is 5.63. The van der Waals surface area contributed by atoms with Crippen LogP contribution < -0.4 is 15.5 Å². The molecule has 2 N–H and O–H groups in total. The lowest BCUT2D eigenvalue weighted by Crippen LogP contribution is -2.40. The molecular weight excluding hydrogens is 441 g/mol. The van der Waals surface area contributed by atoms with Crippen LogP contribution >= 0.6 is 24.0 Å². The van der Waals surface area contributed by atoms with Crippen LogP contribution in [0.5, 0.6) is 0 Å². The van der Waals surface area contributed by atoms with E-state index < -0.39 is 0 Å². The number of piperidine rings is 1. The molecule has 1 atom stereocenters. The normalized spacial score (nSPS) is 21.4. The summed E-state index contributed by atoms with van der Waals surface area (Å²) in [5, 5.41) is 6.68. The molecule has 0 aliphatic carbocycles. The van der Waals surface area contributed by atoms with E-state index in [1.54, 1.807) is 7.05 Å².